The number of aromatic nitrogens is 4. The second kappa shape index (κ2) is 5.14. The second-order valence-electron chi connectivity index (χ2n) is 4.57. The Kier molecular flexibility index (Phi) is 3.31. The van der Waals surface area contributed by atoms with Crippen molar-refractivity contribution in [3.05, 3.63) is 52.8 Å². The molecule has 0 aliphatic carbocycles. The Hall–Kier alpha value is -2.47. The Morgan fingerprint density at radius 1 is 1.24 bits per heavy atom. The molecule has 2 aromatic carbocycles. The van der Waals surface area contributed by atoms with Gasteiger partial charge in [0.1, 0.15) is 11.5 Å². The fourth-order valence-corrected chi connectivity index (χ4v) is 2.33. The van der Waals surface area contributed by atoms with Crippen LogP contribution in [0.1, 0.15) is 5.56 Å². The van der Waals surface area contributed by atoms with Crippen LogP contribution in [0, 0.1) is 12.7 Å². The van der Waals surface area contributed by atoms with Crippen LogP contribution >= 0.6 is 11.6 Å². The Labute approximate surface area is 125 Å². The highest BCUT2D eigenvalue weighted by Gasteiger charge is 2.18. The van der Waals surface area contributed by atoms with Crippen molar-refractivity contribution < 1.29 is 4.39 Å². The molecule has 2 N–H and O–H groups in total. The predicted molar refractivity (Wildman–Crippen MR) is 78.7 cm³/mol. The van der Waals surface area contributed by atoms with E-state index >= 15 is 0 Å². The zero-order valence-electron chi connectivity index (χ0n) is 11.1. The number of nitrogen functional groups attached to an aromatic ring is 1. The lowest BCUT2D eigenvalue weighted by atomic mass is 10.1. The van der Waals surface area contributed by atoms with E-state index in [1.807, 2.05) is 6.92 Å². The maximum absolute atomic E-state index is 14.0. The highest BCUT2D eigenvalue weighted by molar-refractivity contribution is 6.33. The van der Waals surface area contributed by atoms with Gasteiger partial charge in [0.2, 0.25) is 0 Å². The first-order valence-electron chi connectivity index (χ1n) is 6.17. The molecule has 0 bridgehead atoms. The van der Waals surface area contributed by atoms with Crippen LogP contribution in [0.5, 0.6) is 0 Å². The van der Waals surface area contributed by atoms with Gasteiger partial charge in [-0.25, -0.2) is 4.39 Å². The normalized spacial score (nSPS) is 10.8. The molecule has 0 atom stereocenters. The summed E-state index contributed by atoms with van der Waals surface area (Å²) in [6.45, 7) is 1.86. The fraction of sp³-hybridized carbons (Fsp3) is 0.0714. The van der Waals surface area contributed by atoms with Crippen LogP contribution in [0.4, 0.5) is 10.1 Å². The number of hydrogen-bond acceptors (Lipinski definition) is 4. The van der Waals surface area contributed by atoms with E-state index in [-0.39, 0.29) is 5.69 Å². The number of hydrogen-bond donors (Lipinski definition) is 1. The molecule has 0 spiro atoms. The van der Waals surface area contributed by atoms with E-state index in [1.165, 1.54) is 10.7 Å². The maximum atomic E-state index is 14.0. The third kappa shape index (κ3) is 2.34. The van der Waals surface area contributed by atoms with Crippen molar-refractivity contribution in [2.75, 3.05) is 5.73 Å². The molecule has 0 unspecified atom stereocenters. The third-order valence-electron chi connectivity index (χ3n) is 3.07. The molecule has 3 rings (SSSR count). The van der Waals surface area contributed by atoms with Crippen LogP contribution in [0.3, 0.4) is 0 Å². The molecule has 21 heavy (non-hydrogen) atoms. The number of tetrazole rings is 1. The minimum Gasteiger partial charge on any atom is -0.398 e. The molecule has 5 nitrogen and oxygen atoms in total. The lowest BCUT2D eigenvalue weighted by Crippen LogP contribution is -2.04. The van der Waals surface area contributed by atoms with Crippen LogP contribution in [-0.4, -0.2) is 20.2 Å². The molecular weight excluding hydrogens is 293 g/mol. The summed E-state index contributed by atoms with van der Waals surface area (Å²) in [5.41, 5.74) is 7.97. The van der Waals surface area contributed by atoms with Crippen LogP contribution in [-0.2, 0) is 0 Å². The van der Waals surface area contributed by atoms with Crippen LogP contribution < -0.4 is 5.73 Å². The average molecular weight is 304 g/mol. The van der Waals surface area contributed by atoms with E-state index in [1.54, 1.807) is 30.3 Å². The molecule has 0 aliphatic rings. The molecule has 0 aliphatic heterocycles. The van der Waals surface area contributed by atoms with E-state index in [2.05, 4.69) is 15.5 Å². The summed E-state index contributed by atoms with van der Waals surface area (Å²) >= 11 is 6.17. The molecule has 1 heterocycles. The standard InChI is InChI=1S/C14H11ClFN5/c1-8-5-6-10(16)12(7-8)21-14(18-19-20-21)13-9(15)3-2-4-11(13)17/h2-7H,17H2,1H3. The van der Waals surface area contributed by atoms with Crippen molar-refractivity contribution in [3.8, 4) is 17.1 Å². The SMILES string of the molecule is Cc1ccc(F)c(-n2nnnc2-c2c(N)cccc2Cl)c1. The summed E-state index contributed by atoms with van der Waals surface area (Å²) in [6, 6.07) is 9.79. The van der Waals surface area contributed by atoms with Gasteiger partial charge in [0.05, 0.1) is 10.6 Å². The Balaban J connectivity index is 2.25. The minimum absolute atomic E-state index is 0.245. The molecule has 7 heteroatoms. The highest BCUT2D eigenvalue weighted by atomic mass is 35.5. The van der Waals surface area contributed by atoms with E-state index in [0.29, 0.717) is 22.1 Å². The molecule has 0 amide bonds. The van der Waals surface area contributed by atoms with E-state index in [4.69, 9.17) is 17.3 Å². The number of nitrogens with zero attached hydrogens (tertiary/aromatic N) is 4. The summed E-state index contributed by atoms with van der Waals surface area (Å²) in [4.78, 5) is 0. The largest absolute Gasteiger partial charge is 0.398 e. The van der Waals surface area contributed by atoms with Crippen molar-refractivity contribution in [2.24, 2.45) is 0 Å². The second-order valence-corrected chi connectivity index (χ2v) is 4.98. The number of rotatable bonds is 2. The van der Waals surface area contributed by atoms with Crippen LogP contribution in [0.15, 0.2) is 36.4 Å². The number of halogens is 2. The summed E-state index contributed by atoms with van der Waals surface area (Å²) in [6.07, 6.45) is 0. The first kappa shape index (κ1) is 13.5. The fourth-order valence-electron chi connectivity index (χ4n) is 2.07. The Morgan fingerprint density at radius 2 is 2.05 bits per heavy atom. The van der Waals surface area contributed by atoms with Gasteiger partial charge in [-0.3, -0.25) is 0 Å². The van der Waals surface area contributed by atoms with Gasteiger partial charge in [0.15, 0.2) is 5.82 Å². The van der Waals surface area contributed by atoms with Crippen molar-refractivity contribution in [1.82, 2.24) is 20.2 Å². The van der Waals surface area contributed by atoms with Crippen molar-refractivity contribution >= 4 is 17.3 Å². The van der Waals surface area contributed by atoms with Gasteiger partial charge < -0.3 is 5.73 Å². The van der Waals surface area contributed by atoms with Gasteiger partial charge in [0, 0.05) is 5.69 Å². The summed E-state index contributed by atoms with van der Waals surface area (Å²) < 4.78 is 15.3. The van der Waals surface area contributed by atoms with Gasteiger partial charge in [-0.2, -0.15) is 4.68 Å². The highest BCUT2D eigenvalue weighted by Crippen LogP contribution is 2.32. The molecule has 1 aromatic heterocycles. The topological polar surface area (TPSA) is 69.6 Å². The summed E-state index contributed by atoms with van der Waals surface area (Å²) in [5, 5.41) is 11.8. The summed E-state index contributed by atoms with van der Waals surface area (Å²) in [7, 11) is 0. The molecule has 0 fully saturated rings. The molecule has 106 valence electrons. The van der Waals surface area contributed by atoms with Gasteiger partial charge in [-0.15, -0.1) is 5.10 Å². The van der Waals surface area contributed by atoms with Crippen LogP contribution in [0.2, 0.25) is 5.02 Å². The van der Waals surface area contributed by atoms with Crippen molar-refractivity contribution in [1.29, 1.82) is 0 Å². The third-order valence-corrected chi connectivity index (χ3v) is 3.38. The van der Waals surface area contributed by atoms with Gasteiger partial charge in [0.25, 0.3) is 0 Å². The molecular formula is C14H11ClFN5. The number of benzene rings is 2. The average Bonchev–Trinajstić information content (AvgIpc) is 2.90. The van der Waals surface area contributed by atoms with Crippen molar-refractivity contribution in [3.63, 3.8) is 0 Å². The monoisotopic (exact) mass is 303 g/mol. The molecule has 0 saturated heterocycles. The quantitative estimate of drug-likeness (QED) is 0.739. The lowest BCUT2D eigenvalue weighted by molar-refractivity contribution is 0.607. The first-order valence-corrected chi connectivity index (χ1v) is 6.55. The maximum Gasteiger partial charge on any atom is 0.190 e. The zero-order valence-corrected chi connectivity index (χ0v) is 11.8. The summed E-state index contributed by atoms with van der Waals surface area (Å²) in [5.74, 6) is -0.137. The Morgan fingerprint density at radius 3 is 2.81 bits per heavy atom. The van der Waals surface area contributed by atoms with E-state index in [9.17, 15) is 4.39 Å². The van der Waals surface area contributed by atoms with E-state index < -0.39 is 5.82 Å². The number of nitrogens with two attached hydrogens (primary N) is 1. The molecule has 0 saturated carbocycles. The van der Waals surface area contributed by atoms with Gasteiger partial charge in [-0.1, -0.05) is 23.7 Å². The molecule has 0 radical (unpaired) electrons. The smallest absolute Gasteiger partial charge is 0.190 e. The first-order chi connectivity index (χ1) is 10.1. The lowest BCUT2D eigenvalue weighted by Gasteiger charge is -2.09. The zero-order chi connectivity index (χ0) is 15.0. The number of anilines is 1. The van der Waals surface area contributed by atoms with E-state index in [0.717, 1.165) is 5.56 Å². The van der Waals surface area contributed by atoms with Crippen LogP contribution in [0.25, 0.3) is 17.1 Å². The predicted octanol–water partition coefficient (Wildman–Crippen LogP) is 3.01. The minimum atomic E-state index is -0.431. The number of aryl methyl sites for hydroxylation is 1. The van der Waals surface area contributed by atoms with Crippen molar-refractivity contribution in [2.45, 2.75) is 6.92 Å². The Bertz CT molecular complexity index is 795. The van der Waals surface area contributed by atoms with Gasteiger partial charge in [-0.05, 0) is 47.2 Å². The van der Waals surface area contributed by atoms with Gasteiger partial charge >= 0.3 is 0 Å². The molecule has 3 aromatic rings.